The minimum atomic E-state index is 0.944. The molecule has 6 heteroatoms. The zero-order chi connectivity index (χ0) is 20.5. The Labute approximate surface area is 183 Å². The summed E-state index contributed by atoms with van der Waals surface area (Å²) >= 11 is 2.18. The molecule has 6 rings (SSSR count). The third-order valence-electron chi connectivity index (χ3n) is 7.07. The SMILES string of the molecule is C1CSCC(N2C[C@H]3CCC[C@H]3C2)C1.Cc1ccc2c(cnn2-c2cnn(C)c2)c1. The summed E-state index contributed by atoms with van der Waals surface area (Å²) in [5.41, 5.74) is 3.35. The lowest BCUT2D eigenvalue weighted by Crippen LogP contribution is -2.37. The van der Waals surface area contributed by atoms with Gasteiger partial charge >= 0.3 is 0 Å². The van der Waals surface area contributed by atoms with E-state index >= 15 is 0 Å². The van der Waals surface area contributed by atoms with E-state index in [1.54, 1.807) is 4.68 Å². The Hall–Kier alpha value is -1.79. The second-order valence-corrected chi connectivity index (χ2v) is 10.4. The normalized spacial score (nSPS) is 26.5. The Morgan fingerprint density at radius 3 is 2.53 bits per heavy atom. The highest BCUT2D eigenvalue weighted by Crippen LogP contribution is 2.39. The topological polar surface area (TPSA) is 38.9 Å². The lowest BCUT2D eigenvalue weighted by molar-refractivity contribution is 0.229. The van der Waals surface area contributed by atoms with Gasteiger partial charge in [0.25, 0.3) is 0 Å². The number of thioether (sulfide) groups is 1. The highest BCUT2D eigenvalue weighted by Gasteiger charge is 2.38. The van der Waals surface area contributed by atoms with Crippen LogP contribution in [-0.4, -0.2) is 55.1 Å². The highest BCUT2D eigenvalue weighted by molar-refractivity contribution is 7.99. The fourth-order valence-corrected chi connectivity index (χ4v) is 6.64. The van der Waals surface area contributed by atoms with Crippen LogP contribution in [0.5, 0.6) is 0 Å². The van der Waals surface area contributed by atoms with E-state index in [9.17, 15) is 0 Å². The molecule has 1 aliphatic carbocycles. The fourth-order valence-electron chi connectivity index (χ4n) is 5.46. The van der Waals surface area contributed by atoms with Gasteiger partial charge < -0.3 is 0 Å². The van der Waals surface area contributed by atoms with Gasteiger partial charge in [-0.3, -0.25) is 9.58 Å². The molecule has 0 radical (unpaired) electrons. The summed E-state index contributed by atoms with van der Waals surface area (Å²) in [6.45, 7) is 4.96. The smallest absolute Gasteiger partial charge is 0.103 e. The van der Waals surface area contributed by atoms with Gasteiger partial charge in [-0.05, 0) is 62.3 Å². The molecule has 30 heavy (non-hydrogen) atoms. The molecule has 160 valence electrons. The first-order valence-corrected chi connectivity index (χ1v) is 12.6. The van der Waals surface area contributed by atoms with Crippen molar-refractivity contribution >= 4 is 22.7 Å². The molecule has 3 atom stereocenters. The Balaban J connectivity index is 0.000000130. The van der Waals surface area contributed by atoms with Crippen LogP contribution in [-0.2, 0) is 7.05 Å². The molecule has 0 bridgehead atoms. The molecule has 3 aliphatic rings. The third kappa shape index (κ3) is 4.17. The lowest BCUT2D eigenvalue weighted by atomic mass is 10.0. The van der Waals surface area contributed by atoms with Gasteiger partial charge in [-0.15, -0.1) is 0 Å². The lowest BCUT2D eigenvalue weighted by Gasteiger charge is -2.31. The average molecular weight is 424 g/mol. The minimum absolute atomic E-state index is 0.944. The predicted octanol–water partition coefficient (Wildman–Crippen LogP) is 4.68. The molecule has 1 aromatic carbocycles. The van der Waals surface area contributed by atoms with Crippen molar-refractivity contribution < 1.29 is 0 Å². The molecule has 3 aromatic rings. The van der Waals surface area contributed by atoms with Crippen molar-refractivity contribution in [3.05, 3.63) is 42.4 Å². The molecule has 0 N–H and O–H groups in total. The number of aryl methyl sites for hydroxylation is 2. The summed E-state index contributed by atoms with van der Waals surface area (Å²) in [4.78, 5) is 2.82. The molecule has 4 heterocycles. The maximum atomic E-state index is 4.38. The van der Waals surface area contributed by atoms with Gasteiger partial charge in [0.15, 0.2) is 0 Å². The van der Waals surface area contributed by atoms with Crippen LogP contribution < -0.4 is 0 Å². The summed E-state index contributed by atoms with van der Waals surface area (Å²) in [6.07, 6.45) is 13.2. The minimum Gasteiger partial charge on any atom is -0.299 e. The van der Waals surface area contributed by atoms with Gasteiger partial charge in [-0.25, -0.2) is 4.68 Å². The summed E-state index contributed by atoms with van der Waals surface area (Å²) in [5.74, 6) is 5.00. The second-order valence-electron chi connectivity index (χ2n) is 9.27. The van der Waals surface area contributed by atoms with E-state index in [4.69, 9.17) is 0 Å². The number of benzene rings is 1. The van der Waals surface area contributed by atoms with E-state index in [1.165, 1.54) is 62.3 Å². The number of likely N-dealkylation sites (tertiary alicyclic amines) is 1. The average Bonchev–Trinajstić information content (AvgIpc) is 3.52. The van der Waals surface area contributed by atoms with Crippen LogP contribution >= 0.6 is 11.8 Å². The number of hydrogen-bond donors (Lipinski definition) is 0. The van der Waals surface area contributed by atoms with Gasteiger partial charge in [-0.1, -0.05) is 18.1 Å². The first kappa shape index (κ1) is 20.1. The van der Waals surface area contributed by atoms with Crippen molar-refractivity contribution in [1.82, 2.24) is 24.5 Å². The van der Waals surface area contributed by atoms with Crippen molar-refractivity contribution in [2.75, 3.05) is 24.6 Å². The number of fused-ring (bicyclic) bond motifs is 2. The van der Waals surface area contributed by atoms with Crippen LogP contribution in [0.3, 0.4) is 0 Å². The van der Waals surface area contributed by atoms with Gasteiger partial charge in [0.2, 0.25) is 0 Å². The van der Waals surface area contributed by atoms with Crippen LogP contribution in [0.4, 0.5) is 0 Å². The molecule has 5 nitrogen and oxygen atoms in total. The van der Waals surface area contributed by atoms with Gasteiger partial charge in [0.05, 0.1) is 24.1 Å². The summed E-state index contributed by atoms with van der Waals surface area (Å²) in [7, 11) is 1.90. The Morgan fingerprint density at radius 2 is 1.83 bits per heavy atom. The summed E-state index contributed by atoms with van der Waals surface area (Å²) in [5, 5.41) is 9.69. The van der Waals surface area contributed by atoms with E-state index in [1.807, 2.05) is 30.3 Å². The first-order chi connectivity index (χ1) is 14.7. The van der Waals surface area contributed by atoms with Crippen LogP contribution in [0, 0.1) is 18.8 Å². The standard InChI is InChI=1S/C12H12N4.C12H21NS/c1-9-3-4-12-10(5-9)6-14-16(12)11-7-13-15(2)8-11;1-3-10-7-13(8-11(10)4-1)12-5-2-6-14-9-12/h3-8H,1-2H3;10-12H,1-9H2/t;10-,11+,12?. The molecule has 1 unspecified atom stereocenters. The molecule has 2 aromatic heterocycles. The van der Waals surface area contributed by atoms with Crippen molar-refractivity contribution in [3.63, 3.8) is 0 Å². The maximum Gasteiger partial charge on any atom is 0.103 e. The van der Waals surface area contributed by atoms with E-state index in [0.717, 1.165) is 34.5 Å². The van der Waals surface area contributed by atoms with Crippen LogP contribution in [0.2, 0.25) is 0 Å². The maximum absolute atomic E-state index is 4.38. The highest BCUT2D eigenvalue weighted by atomic mass is 32.2. The molecule has 1 saturated carbocycles. The molecule has 0 spiro atoms. The van der Waals surface area contributed by atoms with Gasteiger partial charge in [0, 0.05) is 37.3 Å². The van der Waals surface area contributed by atoms with Crippen molar-refractivity contribution in [2.45, 2.75) is 45.1 Å². The monoisotopic (exact) mass is 423 g/mol. The molecular weight excluding hydrogens is 390 g/mol. The molecule has 2 saturated heterocycles. The number of rotatable bonds is 2. The van der Waals surface area contributed by atoms with E-state index in [-0.39, 0.29) is 0 Å². The van der Waals surface area contributed by atoms with Crippen LogP contribution in [0.15, 0.2) is 36.8 Å². The Bertz CT molecular complexity index is 975. The number of hydrogen-bond acceptors (Lipinski definition) is 4. The van der Waals surface area contributed by atoms with Crippen molar-refractivity contribution in [3.8, 4) is 5.69 Å². The van der Waals surface area contributed by atoms with Crippen molar-refractivity contribution in [2.24, 2.45) is 18.9 Å². The van der Waals surface area contributed by atoms with Crippen LogP contribution in [0.1, 0.15) is 37.7 Å². The molecule has 3 fully saturated rings. The molecule has 0 amide bonds. The molecular formula is C24H33N5S. The zero-order valence-electron chi connectivity index (χ0n) is 18.2. The van der Waals surface area contributed by atoms with Gasteiger partial charge in [0.1, 0.15) is 5.69 Å². The largest absolute Gasteiger partial charge is 0.299 e. The Morgan fingerprint density at radius 1 is 1.00 bits per heavy atom. The van der Waals surface area contributed by atoms with Crippen molar-refractivity contribution in [1.29, 1.82) is 0 Å². The number of nitrogens with zero attached hydrogens (tertiary/aromatic N) is 5. The van der Waals surface area contributed by atoms with Crippen LogP contribution in [0.25, 0.3) is 16.6 Å². The zero-order valence-corrected chi connectivity index (χ0v) is 19.0. The first-order valence-electron chi connectivity index (χ1n) is 11.4. The van der Waals surface area contributed by atoms with E-state index in [2.05, 4.69) is 52.0 Å². The second kappa shape index (κ2) is 8.75. The summed E-state index contributed by atoms with van der Waals surface area (Å²) < 4.78 is 3.68. The summed E-state index contributed by atoms with van der Waals surface area (Å²) in [6, 6.07) is 7.26. The Kier molecular flexibility index (Phi) is 5.87. The predicted molar refractivity (Wildman–Crippen MR) is 125 cm³/mol. The van der Waals surface area contributed by atoms with E-state index in [0.29, 0.717) is 0 Å². The third-order valence-corrected chi connectivity index (χ3v) is 8.26. The molecule has 2 aliphatic heterocycles. The van der Waals surface area contributed by atoms with Gasteiger partial charge in [-0.2, -0.15) is 22.0 Å². The van der Waals surface area contributed by atoms with E-state index < -0.39 is 0 Å². The fraction of sp³-hybridized carbons (Fsp3) is 0.583. The quantitative estimate of drug-likeness (QED) is 0.600. The number of aromatic nitrogens is 4.